The standard InChI is InChI=1S/C23H20Cl2F2N4O3S/c1-35(33,34,20-10-15(24)3-5-17(20)25)31-19-7-6-18(26)16(21(19)27)4-2-14-11-28-22(29-12-14)30-23(13-32)8-9-23/h3,5-7,10-12,32H,8-9,13H2,1H3,(H,28,29,30)(H2,31,33,34). The van der Waals surface area contributed by atoms with E-state index in [1.807, 2.05) is 0 Å². The summed E-state index contributed by atoms with van der Waals surface area (Å²) in [6.45, 7) is -0.0384. The molecule has 184 valence electrons. The Labute approximate surface area is 210 Å². The minimum absolute atomic E-state index is 0.0384. The van der Waals surface area contributed by atoms with E-state index in [-0.39, 0.29) is 27.1 Å². The van der Waals surface area contributed by atoms with Gasteiger partial charge in [-0.1, -0.05) is 35.0 Å². The lowest BCUT2D eigenvalue weighted by Gasteiger charge is -2.41. The molecule has 2 aromatic carbocycles. The Kier molecular flexibility index (Phi) is 6.51. The number of hydrogen-bond acceptors (Lipinski definition) is 5. The molecule has 12 heteroatoms. The molecule has 0 bridgehead atoms. The first-order valence-electron chi connectivity index (χ1n) is 10.2. The summed E-state index contributed by atoms with van der Waals surface area (Å²) in [4.78, 5) is 7.96. The lowest BCUT2D eigenvalue weighted by atomic mass is 10.1. The van der Waals surface area contributed by atoms with Gasteiger partial charge in [-0.3, -0.25) is 9.27 Å². The van der Waals surface area contributed by atoms with Crippen LogP contribution in [0.5, 0.6) is 0 Å². The Morgan fingerprint density at radius 3 is 2.46 bits per heavy atom. The first-order chi connectivity index (χ1) is 16.4. The van der Waals surface area contributed by atoms with Crippen LogP contribution in [-0.2, 0) is 9.53 Å². The molecule has 1 fully saturated rings. The fourth-order valence-electron chi connectivity index (χ4n) is 3.21. The van der Waals surface area contributed by atoms with Crippen molar-refractivity contribution in [2.45, 2.75) is 23.3 Å². The van der Waals surface area contributed by atoms with E-state index in [1.165, 1.54) is 30.6 Å². The molecule has 35 heavy (non-hydrogen) atoms. The van der Waals surface area contributed by atoms with Crippen LogP contribution in [0.25, 0.3) is 0 Å². The van der Waals surface area contributed by atoms with E-state index in [1.54, 1.807) is 0 Å². The van der Waals surface area contributed by atoms with Gasteiger partial charge in [0, 0.05) is 23.7 Å². The van der Waals surface area contributed by atoms with Crippen LogP contribution in [0.4, 0.5) is 20.4 Å². The third-order valence-electron chi connectivity index (χ3n) is 5.37. The van der Waals surface area contributed by atoms with E-state index < -0.39 is 38.0 Å². The number of aromatic nitrogens is 2. The molecular weight excluding hydrogens is 521 g/mol. The Morgan fingerprint density at radius 2 is 1.83 bits per heavy atom. The van der Waals surface area contributed by atoms with Gasteiger partial charge in [-0.15, -0.1) is 9.53 Å². The number of anilines is 2. The lowest BCUT2D eigenvalue weighted by molar-refractivity contribution is 0.265. The van der Waals surface area contributed by atoms with Gasteiger partial charge >= 0.3 is 0 Å². The molecule has 0 saturated heterocycles. The lowest BCUT2D eigenvalue weighted by Crippen LogP contribution is -2.40. The van der Waals surface area contributed by atoms with Crippen molar-refractivity contribution in [1.29, 1.82) is 0 Å². The van der Waals surface area contributed by atoms with Crippen LogP contribution in [0.1, 0.15) is 24.0 Å². The topological polar surface area (TPSA) is 107 Å². The average molecular weight is 541 g/mol. The highest BCUT2D eigenvalue weighted by Gasteiger charge is 2.42. The van der Waals surface area contributed by atoms with E-state index in [2.05, 4.69) is 31.8 Å². The minimum atomic E-state index is -4.95. The number of halogens is 4. The van der Waals surface area contributed by atoms with Gasteiger partial charge in [0.05, 0.1) is 38.9 Å². The zero-order chi connectivity index (χ0) is 25.5. The van der Waals surface area contributed by atoms with Gasteiger partial charge in [0.1, 0.15) is 5.82 Å². The number of rotatable bonds is 6. The normalized spacial score (nSPS) is 15.3. The van der Waals surface area contributed by atoms with Crippen LogP contribution in [0.2, 0.25) is 10.0 Å². The fraction of sp³-hybridized carbons (Fsp3) is 0.217. The van der Waals surface area contributed by atoms with Crippen molar-refractivity contribution in [3.63, 3.8) is 0 Å². The van der Waals surface area contributed by atoms with E-state index >= 15 is 4.39 Å². The monoisotopic (exact) mass is 540 g/mol. The SMILES string of the molecule is CS(=O)(O)(Nc1ccc(F)c(C#Cc2cnc(NC3(CO)CC3)nc2)c1F)c1cc(Cl)ccc1Cl. The van der Waals surface area contributed by atoms with Crippen LogP contribution in [0.15, 0.2) is 47.6 Å². The summed E-state index contributed by atoms with van der Waals surface area (Å²) in [7, 11) is -4.95. The third-order valence-corrected chi connectivity index (χ3v) is 8.12. The maximum atomic E-state index is 15.2. The Balaban J connectivity index is 1.61. The zero-order valence-electron chi connectivity index (χ0n) is 18.3. The maximum Gasteiger partial charge on any atom is 0.223 e. The maximum absolute atomic E-state index is 15.2. The van der Waals surface area contributed by atoms with Crippen molar-refractivity contribution in [2.75, 3.05) is 22.9 Å². The number of hydrogen-bond donors (Lipinski definition) is 4. The van der Waals surface area contributed by atoms with Gasteiger partial charge in [0.2, 0.25) is 5.95 Å². The molecule has 1 aliphatic carbocycles. The predicted molar refractivity (Wildman–Crippen MR) is 132 cm³/mol. The quantitative estimate of drug-likeness (QED) is 0.337. The molecule has 0 unspecified atom stereocenters. The Morgan fingerprint density at radius 1 is 1.14 bits per heavy atom. The molecule has 1 heterocycles. The molecule has 3 aromatic rings. The highest BCUT2D eigenvalue weighted by Crippen LogP contribution is 2.39. The van der Waals surface area contributed by atoms with Crippen molar-refractivity contribution < 1.29 is 22.6 Å². The van der Waals surface area contributed by atoms with Crippen molar-refractivity contribution in [1.82, 2.24) is 9.97 Å². The molecule has 0 aliphatic heterocycles. The van der Waals surface area contributed by atoms with Gasteiger partial charge in [0.15, 0.2) is 5.82 Å². The molecule has 0 amide bonds. The van der Waals surface area contributed by atoms with Crippen molar-refractivity contribution >= 4 is 44.4 Å². The molecule has 4 N–H and O–H groups in total. The van der Waals surface area contributed by atoms with Crippen LogP contribution in [0.3, 0.4) is 0 Å². The number of aliphatic hydroxyl groups is 1. The molecule has 4 rings (SSSR count). The third kappa shape index (κ3) is 5.55. The summed E-state index contributed by atoms with van der Waals surface area (Å²) in [5.41, 5.74) is -1.19. The average Bonchev–Trinajstić information content (AvgIpc) is 3.58. The second-order valence-electron chi connectivity index (χ2n) is 8.35. The molecule has 0 radical (unpaired) electrons. The highest BCUT2D eigenvalue weighted by molar-refractivity contribution is 8.15. The number of nitrogens with one attached hydrogen (secondary N) is 2. The summed E-state index contributed by atoms with van der Waals surface area (Å²) in [6.07, 6.45) is 5.30. The van der Waals surface area contributed by atoms with Crippen molar-refractivity contribution in [3.8, 4) is 11.8 Å². The summed E-state index contributed by atoms with van der Waals surface area (Å²) in [6, 6.07) is 5.87. The largest absolute Gasteiger partial charge is 0.394 e. The number of benzene rings is 2. The van der Waals surface area contributed by atoms with E-state index in [9.17, 15) is 18.3 Å². The van der Waals surface area contributed by atoms with Gasteiger partial charge < -0.3 is 10.4 Å². The highest BCUT2D eigenvalue weighted by atomic mass is 35.5. The minimum Gasteiger partial charge on any atom is -0.394 e. The second kappa shape index (κ2) is 9.00. The van der Waals surface area contributed by atoms with Gasteiger partial charge in [0.25, 0.3) is 0 Å². The van der Waals surface area contributed by atoms with Crippen LogP contribution >= 0.6 is 23.2 Å². The molecule has 0 spiro atoms. The summed E-state index contributed by atoms with van der Waals surface area (Å²) in [5.74, 6) is 3.15. The van der Waals surface area contributed by atoms with Crippen molar-refractivity contribution in [2.24, 2.45) is 0 Å². The molecule has 1 aromatic heterocycles. The van der Waals surface area contributed by atoms with E-state index in [4.69, 9.17) is 23.2 Å². The zero-order valence-corrected chi connectivity index (χ0v) is 20.6. The number of aliphatic hydroxyl groups excluding tert-OH is 1. The molecule has 1 aliphatic rings. The fourth-order valence-corrected chi connectivity index (χ4v) is 5.83. The first-order valence-corrected chi connectivity index (χ1v) is 13.3. The summed E-state index contributed by atoms with van der Waals surface area (Å²) >= 11 is 12.0. The first kappa shape index (κ1) is 25.3. The molecule has 0 atom stereocenters. The number of nitrogens with zero attached hydrogens (tertiary/aromatic N) is 2. The van der Waals surface area contributed by atoms with E-state index in [0.29, 0.717) is 5.95 Å². The van der Waals surface area contributed by atoms with E-state index in [0.717, 1.165) is 31.2 Å². The molecular formula is C23H20Cl2F2N4O3S. The van der Waals surface area contributed by atoms with Gasteiger partial charge in [-0.25, -0.2) is 18.7 Å². The second-order valence-corrected chi connectivity index (χ2v) is 12.4. The Bertz CT molecular complexity index is 1430. The smallest absolute Gasteiger partial charge is 0.223 e. The van der Waals surface area contributed by atoms with Gasteiger partial charge in [-0.2, -0.15) is 4.21 Å². The summed E-state index contributed by atoms with van der Waals surface area (Å²) < 4.78 is 56.1. The molecule has 1 saturated carbocycles. The predicted octanol–water partition coefficient (Wildman–Crippen LogP) is 4.71. The van der Waals surface area contributed by atoms with Crippen LogP contribution in [-0.4, -0.2) is 42.2 Å². The van der Waals surface area contributed by atoms with Crippen LogP contribution < -0.4 is 10.0 Å². The summed E-state index contributed by atoms with van der Waals surface area (Å²) in [5, 5.41) is 12.5. The van der Waals surface area contributed by atoms with Crippen molar-refractivity contribution in [3.05, 3.63) is 75.5 Å². The molecule has 7 nitrogen and oxygen atoms in total. The van der Waals surface area contributed by atoms with Gasteiger partial charge in [-0.05, 0) is 43.2 Å². The Hall–Kier alpha value is -2.81. The van der Waals surface area contributed by atoms with Crippen LogP contribution in [0, 0.1) is 23.5 Å².